The van der Waals surface area contributed by atoms with Gasteiger partial charge in [0.2, 0.25) is 0 Å². The first-order chi connectivity index (χ1) is 10.9. The van der Waals surface area contributed by atoms with Crippen molar-refractivity contribution in [3.8, 4) is 0 Å². The fourth-order valence-electron chi connectivity index (χ4n) is 7.54. The number of hydrogen-bond acceptors (Lipinski definition) is 2. The molecule has 0 unspecified atom stereocenters. The molecule has 3 fully saturated rings. The van der Waals surface area contributed by atoms with Crippen LogP contribution in [0.25, 0.3) is 0 Å². The Balaban J connectivity index is 1.64. The van der Waals surface area contributed by atoms with Crippen molar-refractivity contribution < 1.29 is 10.2 Å². The molecule has 0 aromatic carbocycles. The van der Waals surface area contributed by atoms with Crippen molar-refractivity contribution >= 4 is 0 Å². The molecular weight excluding hydrogens is 284 g/mol. The zero-order valence-corrected chi connectivity index (χ0v) is 15.1. The van der Waals surface area contributed by atoms with E-state index < -0.39 is 0 Å². The van der Waals surface area contributed by atoms with Crippen molar-refractivity contribution in [3.05, 3.63) is 11.6 Å². The van der Waals surface area contributed by atoms with Crippen LogP contribution in [-0.2, 0) is 0 Å². The average molecular weight is 319 g/mol. The third-order valence-corrected chi connectivity index (χ3v) is 8.74. The number of aliphatic hydroxyl groups is 2. The van der Waals surface area contributed by atoms with Crippen LogP contribution in [0.1, 0.15) is 72.1 Å². The highest BCUT2D eigenvalue weighted by Gasteiger charge is 2.59. The summed E-state index contributed by atoms with van der Waals surface area (Å²) in [6.45, 7) is 6.98. The lowest BCUT2D eigenvalue weighted by molar-refractivity contribution is -0.0725. The predicted octanol–water partition coefficient (Wildman–Crippen LogP) is 4.31. The van der Waals surface area contributed by atoms with Gasteiger partial charge in [0.1, 0.15) is 0 Å². The highest BCUT2D eigenvalue weighted by Crippen LogP contribution is 2.67. The van der Waals surface area contributed by atoms with Gasteiger partial charge in [0, 0.05) is 0 Å². The Kier molecular flexibility index (Phi) is 3.74. The van der Waals surface area contributed by atoms with Crippen LogP contribution in [0.2, 0.25) is 0 Å². The Morgan fingerprint density at radius 2 is 1.83 bits per heavy atom. The largest absolute Gasteiger partial charge is 0.393 e. The van der Waals surface area contributed by atoms with E-state index in [4.69, 9.17) is 0 Å². The van der Waals surface area contributed by atoms with Crippen molar-refractivity contribution in [3.63, 3.8) is 0 Å². The standard InChI is InChI=1S/C21H34O2/c1-13(22)17-6-7-18-16-5-4-14-12-15(23)8-10-20(14,2)19(16)9-11-21(17,18)3/h12-13,15-19,22-23H,4-11H2,1-3H3/t13-,15-,16+,17-,18+,19+,20+,21-/m1/s1. The Labute approximate surface area is 141 Å². The van der Waals surface area contributed by atoms with E-state index in [2.05, 4.69) is 19.9 Å². The first-order valence-corrected chi connectivity index (χ1v) is 9.93. The maximum atomic E-state index is 10.3. The molecule has 0 radical (unpaired) electrons. The van der Waals surface area contributed by atoms with Gasteiger partial charge in [-0.1, -0.05) is 25.5 Å². The fourth-order valence-corrected chi connectivity index (χ4v) is 7.54. The SMILES string of the molecule is C[C@@H](O)[C@H]1CC[C@H]2[C@@H]3CCC4=C[C@H](O)CC[C@]4(C)[C@H]3CC[C@]12C. The van der Waals surface area contributed by atoms with Crippen LogP contribution in [0.15, 0.2) is 11.6 Å². The van der Waals surface area contributed by atoms with Gasteiger partial charge in [0.25, 0.3) is 0 Å². The summed E-state index contributed by atoms with van der Waals surface area (Å²) in [4.78, 5) is 0. The van der Waals surface area contributed by atoms with Crippen LogP contribution < -0.4 is 0 Å². The maximum absolute atomic E-state index is 10.3. The van der Waals surface area contributed by atoms with Gasteiger partial charge in [-0.2, -0.15) is 0 Å². The first kappa shape index (κ1) is 16.1. The molecule has 4 rings (SSSR count). The summed E-state index contributed by atoms with van der Waals surface area (Å²) >= 11 is 0. The third kappa shape index (κ3) is 2.20. The van der Waals surface area contributed by atoms with E-state index in [9.17, 15) is 10.2 Å². The van der Waals surface area contributed by atoms with Crippen LogP contribution >= 0.6 is 0 Å². The van der Waals surface area contributed by atoms with Gasteiger partial charge < -0.3 is 10.2 Å². The van der Waals surface area contributed by atoms with Crippen LogP contribution in [0.3, 0.4) is 0 Å². The molecule has 0 spiro atoms. The molecule has 0 aromatic heterocycles. The number of aliphatic hydroxyl groups excluding tert-OH is 2. The molecule has 4 aliphatic rings. The van der Waals surface area contributed by atoms with Crippen molar-refractivity contribution in [1.29, 1.82) is 0 Å². The Morgan fingerprint density at radius 1 is 1.04 bits per heavy atom. The topological polar surface area (TPSA) is 40.5 Å². The maximum Gasteiger partial charge on any atom is 0.0724 e. The molecule has 0 amide bonds. The summed E-state index contributed by atoms with van der Waals surface area (Å²) in [7, 11) is 0. The summed E-state index contributed by atoms with van der Waals surface area (Å²) in [6, 6.07) is 0. The van der Waals surface area contributed by atoms with E-state index >= 15 is 0 Å². The summed E-state index contributed by atoms with van der Waals surface area (Å²) in [5.74, 6) is 2.97. The molecule has 8 atom stereocenters. The van der Waals surface area contributed by atoms with Crippen molar-refractivity contribution in [2.24, 2.45) is 34.5 Å². The van der Waals surface area contributed by atoms with E-state index in [1.807, 2.05) is 6.92 Å². The van der Waals surface area contributed by atoms with Gasteiger partial charge >= 0.3 is 0 Å². The minimum atomic E-state index is -0.199. The minimum absolute atomic E-state index is 0.152. The smallest absolute Gasteiger partial charge is 0.0724 e. The monoisotopic (exact) mass is 318 g/mol. The summed E-state index contributed by atoms with van der Waals surface area (Å²) in [5, 5.41) is 20.3. The Hall–Kier alpha value is -0.340. The lowest BCUT2D eigenvalue weighted by Crippen LogP contribution is -2.51. The highest BCUT2D eigenvalue weighted by molar-refractivity contribution is 5.25. The van der Waals surface area contributed by atoms with E-state index in [-0.39, 0.29) is 12.2 Å². The molecule has 0 aromatic rings. The number of rotatable bonds is 1. The molecule has 0 aliphatic heterocycles. The molecule has 0 heterocycles. The quantitative estimate of drug-likeness (QED) is 0.707. The summed E-state index contributed by atoms with van der Waals surface area (Å²) < 4.78 is 0. The zero-order chi connectivity index (χ0) is 16.4. The summed E-state index contributed by atoms with van der Waals surface area (Å²) in [6.07, 6.45) is 11.6. The van der Waals surface area contributed by atoms with Gasteiger partial charge in [-0.05, 0) is 92.8 Å². The fraction of sp³-hybridized carbons (Fsp3) is 0.905. The predicted molar refractivity (Wildman–Crippen MR) is 92.9 cm³/mol. The lowest BCUT2D eigenvalue weighted by Gasteiger charge is -2.58. The van der Waals surface area contributed by atoms with Gasteiger partial charge in [-0.3, -0.25) is 0 Å². The number of allylic oxidation sites excluding steroid dienone is 1. The molecular formula is C21H34O2. The average Bonchev–Trinajstić information content (AvgIpc) is 2.85. The van der Waals surface area contributed by atoms with Crippen LogP contribution in [0.4, 0.5) is 0 Å². The van der Waals surface area contributed by atoms with Crippen molar-refractivity contribution in [2.45, 2.75) is 84.3 Å². The second kappa shape index (κ2) is 5.33. The Morgan fingerprint density at radius 3 is 2.57 bits per heavy atom. The van der Waals surface area contributed by atoms with E-state index in [1.165, 1.54) is 44.9 Å². The van der Waals surface area contributed by atoms with Crippen LogP contribution in [0.5, 0.6) is 0 Å². The molecule has 3 saturated carbocycles. The number of fused-ring (bicyclic) bond motifs is 5. The van der Waals surface area contributed by atoms with Crippen LogP contribution in [0, 0.1) is 34.5 Å². The van der Waals surface area contributed by atoms with E-state index in [1.54, 1.807) is 5.57 Å². The van der Waals surface area contributed by atoms with E-state index in [0.29, 0.717) is 16.7 Å². The number of hydrogen-bond donors (Lipinski definition) is 2. The summed E-state index contributed by atoms with van der Waals surface area (Å²) in [5.41, 5.74) is 2.26. The first-order valence-electron chi connectivity index (χ1n) is 9.93. The lowest BCUT2D eigenvalue weighted by atomic mass is 9.46. The molecule has 23 heavy (non-hydrogen) atoms. The van der Waals surface area contributed by atoms with Gasteiger partial charge in [-0.25, -0.2) is 0 Å². The molecule has 2 N–H and O–H groups in total. The van der Waals surface area contributed by atoms with Gasteiger partial charge in [-0.15, -0.1) is 0 Å². The van der Waals surface area contributed by atoms with Crippen molar-refractivity contribution in [1.82, 2.24) is 0 Å². The van der Waals surface area contributed by atoms with Gasteiger partial charge in [0.05, 0.1) is 12.2 Å². The second-order valence-electron chi connectivity index (χ2n) is 9.60. The molecule has 2 nitrogen and oxygen atoms in total. The normalized spacial score (nSPS) is 53.8. The van der Waals surface area contributed by atoms with Gasteiger partial charge in [0.15, 0.2) is 0 Å². The zero-order valence-electron chi connectivity index (χ0n) is 15.1. The second-order valence-corrected chi connectivity index (χ2v) is 9.60. The molecule has 130 valence electrons. The van der Waals surface area contributed by atoms with Crippen molar-refractivity contribution in [2.75, 3.05) is 0 Å². The minimum Gasteiger partial charge on any atom is -0.393 e. The molecule has 0 saturated heterocycles. The highest BCUT2D eigenvalue weighted by atomic mass is 16.3. The molecule has 2 heteroatoms. The third-order valence-electron chi connectivity index (χ3n) is 8.74. The Bertz CT molecular complexity index is 510. The van der Waals surface area contributed by atoms with Crippen LogP contribution in [-0.4, -0.2) is 22.4 Å². The van der Waals surface area contributed by atoms with E-state index in [0.717, 1.165) is 24.2 Å². The molecule has 0 bridgehead atoms. The molecule has 4 aliphatic carbocycles.